The number of carbonyl (C=O) groups is 2. The normalized spacial score (nSPS) is 17.4. The highest BCUT2D eigenvalue weighted by Gasteiger charge is 2.35. The van der Waals surface area contributed by atoms with Crippen LogP contribution < -0.4 is 10.2 Å². The van der Waals surface area contributed by atoms with E-state index >= 15 is 0 Å². The molecule has 1 N–H and O–H groups in total. The van der Waals surface area contributed by atoms with Crippen LogP contribution in [-0.2, 0) is 9.59 Å². The number of aromatic nitrogens is 1. The molecule has 2 amide bonds. The monoisotopic (exact) mass is 313 g/mol. The molecule has 1 aromatic carbocycles. The van der Waals surface area contributed by atoms with E-state index in [1.54, 1.807) is 12.3 Å². The zero-order chi connectivity index (χ0) is 16.4. The molecule has 1 fully saturated rings. The Hall–Kier alpha value is -2.76. The summed E-state index contributed by atoms with van der Waals surface area (Å²) in [5, 5.41) is 2.76. The molecule has 0 unspecified atom stereocenters. The number of nitrogens with zero attached hydrogens (tertiary/aromatic N) is 2. The second-order valence-electron chi connectivity index (χ2n) is 5.54. The van der Waals surface area contributed by atoms with Crippen LogP contribution in [0.25, 0.3) is 0 Å². The number of hydrogen-bond acceptors (Lipinski definition) is 3. The summed E-state index contributed by atoms with van der Waals surface area (Å²) in [5.41, 5.74) is 1.46. The van der Waals surface area contributed by atoms with Gasteiger partial charge in [0, 0.05) is 24.8 Å². The number of amides is 2. The van der Waals surface area contributed by atoms with Crippen molar-refractivity contribution in [1.82, 2.24) is 4.98 Å². The Morgan fingerprint density at radius 3 is 2.74 bits per heavy atom. The Labute approximate surface area is 133 Å². The van der Waals surface area contributed by atoms with Crippen LogP contribution in [0.1, 0.15) is 12.0 Å². The maximum absolute atomic E-state index is 13.0. The fourth-order valence-electron chi connectivity index (χ4n) is 2.59. The summed E-state index contributed by atoms with van der Waals surface area (Å²) >= 11 is 0. The van der Waals surface area contributed by atoms with Crippen molar-refractivity contribution in [3.63, 3.8) is 0 Å². The van der Waals surface area contributed by atoms with Gasteiger partial charge in [-0.25, -0.2) is 9.37 Å². The number of carbonyl (C=O) groups excluding carboxylic acids is 2. The standard InChI is InChI=1S/C17H16FN3O2/c1-11-3-2-8-19-16(11)20-17(23)12-9-15(22)21(10-12)14-6-4-13(18)5-7-14/h2-8,12H,9-10H2,1H3,(H,19,20,23)/t12-/m0/s1. The lowest BCUT2D eigenvalue weighted by atomic mass is 10.1. The van der Waals surface area contributed by atoms with E-state index in [1.165, 1.54) is 29.2 Å². The van der Waals surface area contributed by atoms with Crippen LogP contribution in [0.4, 0.5) is 15.9 Å². The first-order valence-electron chi connectivity index (χ1n) is 7.33. The van der Waals surface area contributed by atoms with E-state index in [2.05, 4.69) is 10.3 Å². The van der Waals surface area contributed by atoms with Gasteiger partial charge < -0.3 is 10.2 Å². The van der Waals surface area contributed by atoms with Gasteiger partial charge in [0.05, 0.1) is 5.92 Å². The number of anilines is 2. The van der Waals surface area contributed by atoms with Crippen molar-refractivity contribution in [2.45, 2.75) is 13.3 Å². The Kier molecular flexibility index (Phi) is 4.06. The summed E-state index contributed by atoms with van der Waals surface area (Å²) in [7, 11) is 0. The first-order chi connectivity index (χ1) is 11.0. The Morgan fingerprint density at radius 2 is 2.04 bits per heavy atom. The zero-order valence-corrected chi connectivity index (χ0v) is 12.6. The van der Waals surface area contributed by atoms with Crippen LogP contribution in [0.2, 0.25) is 0 Å². The van der Waals surface area contributed by atoms with E-state index in [0.717, 1.165) is 5.56 Å². The third kappa shape index (κ3) is 3.21. The summed E-state index contributed by atoms with van der Waals surface area (Å²) in [5.74, 6) is -0.682. The fraction of sp³-hybridized carbons (Fsp3) is 0.235. The number of hydrogen-bond donors (Lipinski definition) is 1. The number of nitrogens with one attached hydrogen (secondary N) is 1. The molecule has 0 radical (unpaired) electrons. The molecular formula is C17H16FN3O2. The van der Waals surface area contributed by atoms with Gasteiger partial charge in [0.2, 0.25) is 11.8 Å². The van der Waals surface area contributed by atoms with Gasteiger partial charge in [-0.2, -0.15) is 0 Å². The molecule has 1 aromatic heterocycles. The van der Waals surface area contributed by atoms with Crippen molar-refractivity contribution in [1.29, 1.82) is 0 Å². The zero-order valence-electron chi connectivity index (χ0n) is 12.6. The second kappa shape index (κ2) is 6.16. The van der Waals surface area contributed by atoms with Crippen molar-refractivity contribution in [2.75, 3.05) is 16.8 Å². The average molecular weight is 313 g/mol. The van der Waals surface area contributed by atoms with Gasteiger partial charge in [0.25, 0.3) is 0 Å². The highest BCUT2D eigenvalue weighted by atomic mass is 19.1. The molecule has 2 aromatic rings. The molecule has 6 heteroatoms. The van der Waals surface area contributed by atoms with Crippen molar-refractivity contribution < 1.29 is 14.0 Å². The lowest BCUT2D eigenvalue weighted by Gasteiger charge is -2.16. The second-order valence-corrected chi connectivity index (χ2v) is 5.54. The minimum absolute atomic E-state index is 0.134. The first-order valence-corrected chi connectivity index (χ1v) is 7.33. The first kappa shape index (κ1) is 15.1. The predicted molar refractivity (Wildman–Crippen MR) is 84.5 cm³/mol. The SMILES string of the molecule is Cc1cccnc1NC(=O)[C@H]1CC(=O)N(c2ccc(F)cc2)C1. The third-order valence-electron chi connectivity index (χ3n) is 3.89. The number of aryl methyl sites for hydroxylation is 1. The van der Waals surface area contributed by atoms with Crippen molar-refractivity contribution in [3.05, 3.63) is 54.0 Å². The average Bonchev–Trinajstić information content (AvgIpc) is 2.92. The van der Waals surface area contributed by atoms with Crippen molar-refractivity contribution in [2.24, 2.45) is 5.92 Å². The molecule has 1 aliphatic heterocycles. The van der Waals surface area contributed by atoms with Crippen LogP contribution in [0, 0.1) is 18.7 Å². The van der Waals surface area contributed by atoms with E-state index < -0.39 is 5.92 Å². The number of halogens is 1. The Morgan fingerprint density at radius 1 is 1.30 bits per heavy atom. The lowest BCUT2D eigenvalue weighted by Crippen LogP contribution is -2.28. The van der Waals surface area contributed by atoms with Gasteiger partial charge in [0.1, 0.15) is 11.6 Å². The van der Waals surface area contributed by atoms with Gasteiger partial charge in [-0.3, -0.25) is 9.59 Å². The summed E-state index contributed by atoms with van der Waals surface area (Å²) < 4.78 is 13.0. The van der Waals surface area contributed by atoms with Crippen LogP contribution >= 0.6 is 0 Å². The van der Waals surface area contributed by atoms with Crippen molar-refractivity contribution >= 4 is 23.3 Å². The third-order valence-corrected chi connectivity index (χ3v) is 3.89. The summed E-state index contributed by atoms with van der Waals surface area (Å²) in [6.45, 7) is 2.13. The van der Waals surface area contributed by atoms with E-state index in [0.29, 0.717) is 11.5 Å². The topological polar surface area (TPSA) is 62.3 Å². The minimum atomic E-state index is -0.450. The van der Waals surface area contributed by atoms with E-state index in [-0.39, 0.29) is 30.6 Å². The number of rotatable bonds is 3. The maximum Gasteiger partial charge on any atom is 0.230 e. The van der Waals surface area contributed by atoms with Gasteiger partial charge in [-0.05, 0) is 42.8 Å². The molecule has 1 atom stereocenters. The summed E-state index contributed by atoms with van der Waals surface area (Å²) in [4.78, 5) is 30.1. The molecule has 0 saturated carbocycles. The highest BCUT2D eigenvalue weighted by molar-refractivity contribution is 6.03. The minimum Gasteiger partial charge on any atom is -0.312 e. The van der Waals surface area contributed by atoms with Gasteiger partial charge in [0.15, 0.2) is 0 Å². The van der Waals surface area contributed by atoms with Crippen LogP contribution in [0.3, 0.4) is 0 Å². The molecule has 5 nitrogen and oxygen atoms in total. The molecular weight excluding hydrogens is 297 g/mol. The molecule has 0 aliphatic carbocycles. The summed E-state index contributed by atoms with van der Waals surface area (Å²) in [6, 6.07) is 9.32. The molecule has 118 valence electrons. The van der Waals surface area contributed by atoms with E-state index in [1.807, 2.05) is 13.0 Å². The largest absolute Gasteiger partial charge is 0.312 e. The lowest BCUT2D eigenvalue weighted by molar-refractivity contribution is -0.122. The molecule has 2 heterocycles. The molecule has 0 spiro atoms. The maximum atomic E-state index is 13.0. The summed E-state index contributed by atoms with van der Waals surface area (Å²) in [6.07, 6.45) is 1.74. The predicted octanol–water partition coefficient (Wildman–Crippen LogP) is 2.52. The fourth-order valence-corrected chi connectivity index (χ4v) is 2.59. The quantitative estimate of drug-likeness (QED) is 0.947. The van der Waals surface area contributed by atoms with E-state index in [4.69, 9.17) is 0 Å². The number of pyridine rings is 1. The molecule has 0 bridgehead atoms. The van der Waals surface area contributed by atoms with Crippen LogP contribution in [-0.4, -0.2) is 23.3 Å². The Balaban J connectivity index is 1.71. The number of benzene rings is 1. The Bertz CT molecular complexity index is 746. The van der Waals surface area contributed by atoms with Gasteiger partial charge in [-0.15, -0.1) is 0 Å². The molecule has 3 rings (SSSR count). The molecule has 1 aliphatic rings. The molecule has 23 heavy (non-hydrogen) atoms. The van der Waals surface area contributed by atoms with Gasteiger partial charge in [-0.1, -0.05) is 6.07 Å². The highest BCUT2D eigenvalue weighted by Crippen LogP contribution is 2.26. The van der Waals surface area contributed by atoms with Crippen molar-refractivity contribution in [3.8, 4) is 0 Å². The van der Waals surface area contributed by atoms with Crippen LogP contribution in [0.15, 0.2) is 42.6 Å². The smallest absolute Gasteiger partial charge is 0.230 e. The van der Waals surface area contributed by atoms with Crippen LogP contribution in [0.5, 0.6) is 0 Å². The van der Waals surface area contributed by atoms with Gasteiger partial charge >= 0.3 is 0 Å². The van der Waals surface area contributed by atoms with E-state index in [9.17, 15) is 14.0 Å². The molecule has 1 saturated heterocycles.